The normalized spacial score (nSPS) is 14.6. The molecule has 0 saturated carbocycles. The van der Waals surface area contributed by atoms with Crippen LogP contribution in [0.2, 0.25) is 0 Å². The van der Waals surface area contributed by atoms with Gasteiger partial charge in [-0.05, 0) is 53.7 Å². The van der Waals surface area contributed by atoms with Crippen molar-refractivity contribution in [3.05, 3.63) is 50.9 Å². The van der Waals surface area contributed by atoms with E-state index in [4.69, 9.17) is 5.73 Å². The molecule has 102 valence electrons. The lowest BCUT2D eigenvalue weighted by Gasteiger charge is -2.31. The summed E-state index contributed by atoms with van der Waals surface area (Å²) >= 11 is 5.25. The fourth-order valence-corrected chi connectivity index (χ4v) is 3.81. The molecule has 5 heteroatoms. The Labute approximate surface area is 126 Å². The van der Waals surface area contributed by atoms with Crippen molar-refractivity contribution < 1.29 is 0 Å². The molecule has 0 fully saturated rings. The minimum Gasteiger partial charge on any atom is -0.326 e. The average Bonchev–Trinajstić information content (AvgIpc) is 2.75. The van der Waals surface area contributed by atoms with Gasteiger partial charge >= 0.3 is 0 Å². The highest BCUT2D eigenvalue weighted by Crippen LogP contribution is 2.26. The molecular weight excluding hydrogens is 322 g/mol. The first-order valence-corrected chi connectivity index (χ1v) is 7.84. The minimum absolute atomic E-state index is 0.0656. The second-order valence-corrected chi connectivity index (χ2v) is 6.64. The summed E-state index contributed by atoms with van der Waals surface area (Å²) in [6.07, 6.45) is 3.64. The molecule has 3 nitrogen and oxygen atoms in total. The fraction of sp³-hybridized carbons (Fsp3) is 0.357. The van der Waals surface area contributed by atoms with Gasteiger partial charge in [-0.25, -0.2) is 0 Å². The minimum atomic E-state index is 0.0656. The van der Waals surface area contributed by atoms with E-state index in [2.05, 4.69) is 44.3 Å². The van der Waals surface area contributed by atoms with E-state index in [0.717, 1.165) is 11.0 Å². The Bertz CT molecular complexity index is 512. The van der Waals surface area contributed by atoms with Crippen LogP contribution in [-0.2, 0) is 6.54 Å². The molecule has 19 heavy (non-hydrogen) atoms. The molecular formula is C14H18BrN3S. The lowest BCUT2D eigenvalue weighted by Crippen LogP contribution is -2.36. The molecule has 2 aromatic rings. The van der Waals surface area contributed by atoms with Crippen LogP contribution in [0.5, 0.6) is 0 Å². The zero-order valence-electron chi connectivity index (χ0n) is 11.1. The van der Waals surface area contributed by atoms with Gasteiger partial charge in [0, 0.05) is 45.8 Å². The van der Waals surface area contributed by atoms with Crippen molar-refractivity contribution in [2.75, 3.05) is 7.05 Å². The van der Waals surface area contributed by atoms with Crippen molar-refractivity contribution in [1.82, 2.24) is 9.88 Å². The molecule has 2 N–H and O–H groups in total. The lowest BCUT2D eigenvalue weighted by molar-refractivity contribution is 0.212. The van der Waals surface area contributed by atoms with Gasteiger partial charge in [-0.2, -0.15) is 0 Å². The molecule has 0 aromatic carbocycles. The standard InChI is InChI=1S/C14H18BrN3S/c1-10(16)14(11-3-5-17-6-4-11)18(2)8-13-7-12(15)9-19-13/h3-7,9-10,14H,8,16H2,1-2H3. The third-order valence-corrected chi connectivity index (χ3v) is 4.73. The Morgan fingerprint density at radius 3 is 2.63 bits per heavy atom. The largest absolute Gasteiger partial charge is 0.326 e. The number of nitrogens with zero attached hydrogens (tertiary/aromatic N) is 2. The smallest absolute Gasteiger partial charge is 0.0498 e. The van der Waals surface area contributed by atoms with Crippen molar-refractivity contribution in [3.63, 3.8) is 0 Å². The van der Waals surface area contributed by atoms with Crippen LogP contribution >= 0.6 is 27.3 Å². The third-order valence-electron chi connectivity index (χ3n) is 3.05. The van der Waals surface area contributed by atoms with Gasteiger partial charge < -0.3 is 5.73 Å². The zero-order valence-corrected chi connectivity index (χ0v) is 13.5. The average molecular weight is 340 g/mol. The number of thiophene rings is 1. The van der Waals surface area contributed by atoms with Crippen LogP contribution in [0.4, 0.5) is 0 Å². The summed E-state index contributed by atoms with van der Waals surface area (Å²) in [6, 6.07) is 6.50. The molecule has 0 spiro atoms. The number of aromatic nitrogens is 1. The molecule has 2 heterocycles. The second kappa shape index (κ2) is 6.61. The molecule has 2 unspecified atom stereocenters. The van der Waals surface area contributed by atoms with E-state index < -0.39 is 0 Å². The summed E-state index contributed by atoms with van der Waals surface area (Å²) < 4.78 is 1.14. The van der Waals surface area contributed by atoms with Crippen LogP contribution in [0.25, 0.3) is 0 Å². The molecule has 2 rings (SSSR count). The number of hydrogen-bond acceptors (Lipinski definition) is 4. The maximum Gasteiger partial charge on any atom is 0.0498 e. The topological polar surface area (TPSA) is 42.1 Å². The Balaban J connectivity index is 2.15. The molecule has 0 aliphatic rings. The number of nitrogens with two attached hydrogens (primary N) is 1. The molecule has 2 atom stereocenters. The molecule has 0 radical (unpaired) electrons. The van der Waals surface area contributed by atoms with Crippen LogP contribution in [-0.4, -0.2) is 23.0 Å². The second-order valence-electron chi connectivity index (χ2n) is 4.73. The Hall–Kier alpha value is -0.750. The van der Waals surface area contributed by atoms with E-state index >= 15 is 0 Å². The zero-order chi connectivity index (χ0) is 13.8. The molecule has 0 aliphatic carbocycles. The first-order chi connectivity index (χ1) is 9.08. The highest BCUT2D eigenvalue weighted by molar-refractivity contribution is 9.10. The van der Waals surface area contributed by atoms with Crippen molar-refractivity contribution in [2.24, 2.45) is 5.73 Å². The fourth-order valence-electron chi connectivity index (χ4n) is 2.30. The number of likely N-dealkylation sites (N-methyl/N-ethyl adjacent to an activating group) is 1. The maximum absolute atomic E-state index is 6.16. The van der Waals surface area contributed by atoms with Crippen LogP contribution in [0.3, 0.4) is 0 Å². The summed E-state index contributed by atoms with van der Waals surface area (Å²) in [5, 5.41) is 2.11. The molecule has 2 aromatic heterocycles. The van der Waals surface area contributed by atoms with Gasteiger partial charge in [0.05, 0.1) is 0 Å². The quantitative estimate of drug-likeness (QED) is 0.907. The Kier molecular flexibility index (Phi) is 5.10. The monoisotopic (exact) mass is 339 g/mol. The molecule has 0 aliphatic heterocycles. The van der Waals surface area contributed by atoms with Crippen molar-refractivity contribution >= 4 is 27.3 Å². The van der Waals surface area contributed by atoms with Gasteiger partial charge in [0.1, 0.15) is 0 Å². The summed E-state index contributed by atoms with van der Waals surface area (Å²) in [5.41, 5.74) is 7.37. The number of rotatable bonds is 5. The van der Waals surface area contributed by atoms with Crippen LogP contribution < -0.4 is 5.73 Å². The van der Waals surface area contributed by atoms with E-state index in [-0.39, 0.29) is 12.1 Å². The van der Waals surface area contributed by atoms with Gasteiger partial charge in [0.25, 0.3) is 0 Å². The number of pyridine rings is 1. The Morgan fingerprint density at radius 1 is 1.42 bits per heavy atom. The molecule has 0 amide bonds. The predicted molar refractivity (Wildman–Crippen MR) is 84.1 cm³/mol. The highest BCUT2D eigenvalue weighted by atomic mass is 79.9. The summed E-state index contributed by atoms with van der Waals surface area (Å²) in [6.45, 7) is 2.94. The first-order valence-electron chi connectivity index (χ1n) is 6.16. The van der Waals surface area contributed by atoms with E-state index in [1.54, 1.807) is 11.3 Å². The van der Waals surface area contributed by atoms with Gasteiger partial charge in [-0.3, -0.25) is 9.88 Å². The predicted octanol–water partition coefficient (Wildman–Crippen LogP) is 3.43. The first kappa shape index (κ1) is 14.7. The van der Waals surface area contributed by atoms with Gasteiger partial charge in [-0.15, -0.1) is 11.3 Å². The van der Waals surface area contributed by atoms with E-state index in [0.29, 0.717) is 0 Å². The summed E-state index contributed by atoms with van der Waals surface area (Å²) in [5.74, 6) is 0. The number of halogens is 1. The van der Waals surface area contributed by atoms with E-state index in [1.807, 2.05) is 31.5 Å². The number of hydrogen-bond donors (Lipinski definition) is 1. The summed E-state index contributed by atoms with van der Waals surface area (Å²) in [4.78, 5) is 7.69. The molecule has 0 bridgehead atoms. The van der Waals surface area contributed by atoms with Gasteiger partial charge in [0.2, 0.25) is 0 Å². The van der Waals surface area contributed by atoms with E-state index in [1.165, 1.54) is 10.4 Å². The van der Waals surface area contributed by atoms with Gasteiger partial charge in [-0.1, -0.05) is 0 Å². The Morgan fingerprint density at radius 2 is 2.11 bits per heavy atom. The maximum atomic E-state index is 6.16. The van der Waals surface area contributed by atoms with Crippen LogP contribution in [0.15, 0.2) is 40.4 Å². The van der Waals surface area contributed by atoms with Crippen molar-refractivity contribution in [3.8, 4) is 0 Å². The third kappa shape index (κ3) is 3.86. The van der Waals surface area contributed by atoms with Gasteiger partial charge in [0.15, 0.2) is 0 Å². The van der Waals surface area contributed by atoms with Crippen molar-refractivity contribution in [2.45, 2.75) is 25.6 Å². The lowest BCUT2D eigenvalue weighted by atomic mass is 10.0. The highest BCUT2D eigenvalue weighted by Gasteiger charge is 2.21. The van der Waals surface area contributed by atoms with Crippen LogP contribution in [0.1, 0.15) is 23.4 Å². The molecule has 0 saturated heterocycles. The summed E-state index contributed by atoms with van der Waals surface area (Å²) in [7, 11) is 2.11. The SMILES string of the molecule is CC(N)C(c1ccncc1)N(C)Cc1cc(Br)cs1. The van der Waals surface area contributed by atoms with Crippen LogP contribution in [0, 0.1) is 0 Å². The van der Waals surface area contributed by atoms with E-state index in [9.17, 15) is 0 Å². The van der Waals surface area contributed by atoms with Crippen molar-refractivity contribution in [1.29, 1.82) is 0 Å².